The number of furan rings is 1. The van der Waals surface area contributed by atoms with Gasteiger partial charge in [-0.2, -0.15) is 4.31 Å². The lowest BCUT2D eigenvalue weighted by molar-refractivity contribution is -0.115. The fourth-order valence-corrected chi connectivity index (χ4v) is 6.10. The summed E-state index contributed by atoms with van der Waals surface area (Å²) in [6.07, 6.45) is 2.57. The van der Waals surface area contributed by atoms with Crippen molar-refractivity contribution in [2.75, 3.05) is 18.4 Å². The van der Waals surface area contributed by atoms with Crippen LogP contribution in [-0.2, 0) is 21.2 Å². The number of nitrogens with one attached hydrogen (secondary N) is 1. The third-order valence-electron chi connectivity index (χ3n) is 5.13. The molecule has 1 aliphatic heterocycles. The van der Waals surface area contributed by atoms with Gasteiger partial charge in [0, 0.05) is 34.2 Å². The standard InChI is InChI=1S/C21H21BrN2O4S/c1-14-8-9-24(12-14)29(26,27)20-11-16(6-7-18(20)22)23-21(25)10-15-13-28-19-5-3-2-4-17(15)19/h2-7,11,13-14H,8-10,12H2,1H3,(H,23,25)/t14-/m0/s1. The highest BCUT2D eigenvalue weighted by Gasteiger charge is 2.32. The van der Waals surface area contributed by atoms with Crippen LogP contribution < -0.4 is 5.32 Å². The average Bonchev–Trinajstić information content (AvgIpc) is 3.30. The highest BCUT2D eigenvalue weighted by Crippen LogP contribution is 2.31. The minimum absolute atomic E-state index is 0.138. The summed E-state index contributed by atoms with van der Waals surface area (Å²) in [4.78, 5) is 12.7. The van der Waals surface area contributed by atoms with Crippen LogP contribution in [0.3, 0.4) is 0 Å². The number of fused-ring (bicyclic) bond motifs is 1. The average molecular weight is 477 g/mol. The fourth-order valence-electron chi connectivity index (χ4n) is 3.58. The third kappa shape index (κ3) is 4.10. The molecule has 1 atom stereocenters. The van der Waals surface area contributed by atoms with Crippen LogP contribution in [0.1, 0.15) is 18.9 Å². The first-order chi connectivity index (χ1) is 13.8. The van der Waals surface area contributed by atoms with Crippen LogP contribution in [0.2, 0.25) is 0 Å². The highest BCUT2D eigenvalue weighted by atomic mass is 79.9. The molecular weight excluding hydrogens is 456 g/mol. The second-order valence-corrected chi connectivity index (χ2v) is 10.1. The maximum absolute atomic E-state index is 13.0. The Morgan fingerprint density at radius 1 is 1.28 bits per heavy atom. The number of anilines is 1. The van der Waals surface area contributed by atoms with E-state index in [0.29, 0.717) is 29.2 Å². The second kappa shape index (κ2) is 7.93. The Morgan fingerprint density at radius 2 is 2.07 bits per heavy atom. The SMILES string of the molecule is C[C@H]1CCN(S(=O)(=O)c2cc(NC(=O)Cc3coc4ccccc34)ccc2Br)C1. The van der Waals surface area contributed by atoms with E-state index in [1.807, 2.05) is 31.2 Å². The molecule has 6 nitrogen and oxygen atoms in total. The molecule has 2 aromatic carbocycles. The molecule has 2 heterocycles. The van der Waals surface area contributed by atoms with Crippen LogP contribution in [0.15, 0.2) is 62.5 Å². The van der Waals surface area contributed by atoms with E-state index in [1.165, 1.54) is 10.4 Å². The number of para-hydroxylation sites is 1. The molecule has 0 bridgehead atoms. The summed E-state index contributed by atoms with van der Waals surface area (Å²) < 4.78 is 33.5. The summed E-state index contributed by atoms with van der Waals surface area (Å²) >= 11 is 3.34. The van der Waals surface area contributed by atoms with Gasteiger partial charge in [0.25, 0.3) is 0 Å². The quantitative estimate of drug-likeness (QED) is 0.591. The van der Waals surface area contributed by atoms with Crippen molar-refractivity contribution < 1.29 is 17.6 Å². The van der Waals surface area contributed by atoms with E-state index < -0.39 is 10.0 Å². The normalized spacial score (nSPS) is 17.7. The zero-order valence-electron chi connectivity index (χ0n) is 15.9. The maximum atomic E-state index is 13.0. The van der Waals surface area contributed by atoms with Gasteiger partial charge in [0.1, 0.15) is 5.58 Å². The molecule has 29 heavy (non-hydrogen) atoms. The Labute approximate surface area is 178 Å². The van der Waals surface area contributed by atoms with E-state index in [0.717, 1.165) is 23.0 Å². The van der Waals surface area contributed by atoms with E-state index in [1.54, 1.807) is 18.4 Å². The zero-order valence-corrected chi connectivity index (χ0v) is 18.3. The summed E-state index contributed by atoms with van der Waals surface area (Å²) in [5.41, 5.74) is 1.96. The number of amides is 1. The third-order valence-corrected chi connectivity index (χ3v) is 7.99. The van der Waals surface area contributed by atoms with Crippen molar-refractivity contribution in [3.8, 4) is 0 Å². The van der Waals surface area contributed by atoms with Crippen molar-refractivity contribution in [2.24, 2.45) is 5.92 Å². The topological polar surface area (TPSA) is 79.6 Å². The van der Waals surface area contributed by atoms with Crippen LogP contribution in [0.25, 0.3) is 11.0 Å². The van der Waals surface area contributed by atoms with Crippen molar-refractivity contribution in [1.82, 2.24) is 4.31 Å². The number of hydrogen-bond donors (Lipinski definition) is 1. The monoisotopic (exact) mass is 476 g/mol. The minimum atomic E-state index is -3.62. The van der Waals surface area contributed by atoms with Gasteiger partial charge < -0.3 is 9.73 Å². The van der Waals surface area contributed by atoms with Gasteiger partial charge in [-0.15, -0.1) is 0 Å². The summed E-state index contributed by atoms with van der Waals surface area (Å²) in [6, 6.07) is 12.4. The summed E-state index contributed by atoms with van der Waals surface area (Å²) in [5, 5.41) is 3.69. The predicted molar refractivity (Wildman–Crippen MR) is 115 cm³/mol. The first-order valence-corrected chi connectivity index (χ1v) is 11.6. The van der Waals surface area contributed by atoms with Crippen molar-refractivity contribution in [3.63, 3.8) is 0 Å². The van der Waals surface area contributed by atoms with Gasteiger partial charge in [-0.25, -0.2) is 8.42 Å². The Morgan fingerprint density at radius 3 is 2.83 bits per heavy atom. The number of nitrogens with zero attached hydrogens (tertiary/aromatic N) is 1. The van der Waals surface area contributed by atoms with Gasteiger partial charge in [-0.1, -0.05) is 25.1 Å². The molecule has 0 radical (unpaired) electrons. The van der Waals surface area contributed by atoms with Crippen molar-refractivity contribution >= 4 is 48.5 Å². The smallest absolute Gasteiger partial charge is 0.244 e. The van der Waals surface area contributed by atoms with E-state index >= 15 is 0 Å². The van der Waals surface area contributed by atoms with Crippen molar-refractivity contribution in [1.29, 1.82) is 0 Å². The highest BCUT2D eigenvalue weighted by molar-refractivity contribution is 9.10. The van der Waals surface area contributed by atoms with E-state index in [-0.39, 0.29) is 17.2 Å². The van der Waals surface area contributed by atoms with E-state index in [4.69, 9.17) is 4.42 Å². The van der Waals surface area contributed by atoms with Crippen LogP contribution in [0.4, 0.5) is 5.69 Å². The summed E-state index contributed by atoms with van der Waals surface area (Å²) in [7, 11) is -3.62. The van der Waals surface area contributed by atoms with Gasteiger partial charge in [0.2, 0.25) is 15.9 Å². The fraction of sp³-hybridized carbons (Fsp3) is 0.286. The number of carbonyl (C=O) groups is 1. The molecule has 1 aromatic heterocycles. The lowest BCUT2D eigenvalue weighted by atomic mass is 10.1. The van der Waals surface area contributed by atoms with E-state index in [2.05, 4.69) is 21.2 Å². The zero-order chi connectivity index (χ0) is 20.6. The molecule has 3 aromatic rings. The molecule has 0 saturated carbocycles. The number of halogens is 1. The molecule has 0 aliphatic carbocycles. The Balaban J connectivity index is 1.53. The molecule has 1 aliphatic rings. The van der Waals surface area contributed by atoms with Crippen molar-refractivity contribution in [2.45, 2.75) is 24.7 Å². The molecule has 1 saturated heterocycles. The van der Waals surface area contributed by atoms with Gasteiger partial charge in [-0.3, -0.25) is 4.79 Å². The lowest BCUT2D eigenvalue weighted by Gasteiger charge is -2.18. The van der Waals surface area contributed by atoms with Gasteiger partial charge >= 0.3 is 0 Å². The number of benzene rings is 2. The second-order valence-electron chi connectivity index (χ2n) is 7.38. The van der Waals surface area contributed by atoms with Crippen LogP contribution in [0.5, 0.6) is 0 Å². The van der Waals surface area contributed by atoms with Gasteiger partial charge in [0.15, 0.2) is 0 Å². The Bertz CT molecular complexity index is 1170. The number of rotatable bonds is 5. The molecule has 8 heteroatoms. The largest absolute Gasteiger partial charge is 0.464 e. The number of carbonyl (C=O) groups excluding carboxylic acids is 1. The molecule has 4 rings (SSSR count). The molecule has 152 valence electrons. The Kier molecular flexibility index (Phi) is 5.50. The first kappa shape index (κ1) is 20.1. The van der Waals surface area contributed by atoms with Gasteiger partial charge in [-0.05, 0) is 52.5 Å². The summed E-state index contributed by atoms with van der Waals surface area (Å²) in [5.74, 6) is 0.105. The molecule has 1 fully saturated rings. The lowest BCUT2D eigenvalue weighted by Crippen LogP contribution is -2.29. The van der Waals surface area contributed by atoms with Crippen LogP contribution in [-0.4, -0.2) is 31.7 Å². The molecule has 0 unspecified atom stereocenters. The van der Waals surface area contributed by atoms with Gasteiger partial charge in [0.05, 0.1) is 17.6 Å². The van der Waals surface area contributed by atoms with Crippen LogP contribution in [0, 0.1) is 5.92 Å². The molecule has 0 spiro atoms. The minimum Gasteiger partial charge on any atom is -0.464 e. The number of hydrogen-bond acceptors (Lipinski definition) is 4. The predicted octanol–water partition coefficient (Wildman–Crippen LogP) is 4.41. The molecule has 1 amide bonds. The Hall–Kier alpha value is -2.16. The summed E-state index contributed by atoms with van der Waals surface area (Å²) in [6.45, 7) is 3.07. The molecular formula is C21H21BrN2O4S. The molecule has 1 N–H and O–H groups in total. The number of sulfonamides is 1. The first-order valence-electron chi connectivity index (χ1n) is 9.39. The van der Waals surface area contributed by atoms with Crippen molar-refractivity contribution in [3.05, 3.63) is 58.8 Å². The maximum Gasteiger partial charge on any atom is 0.244 e. The van der Waals surface area contributed by atoms with Crippen LogP contribution >= 0.6 is 15.9 Å². The van der Waals surface area contributed by atoms with E-state index in [9.17, 15) is 13.2 Å².